The van der Waals surface area contributed by atoms with Crippen LogP contribution in [0.4, 0.5) is 5.69 Å². The van der Waals surface area contributed by atoms with Crippen molar-refractivity contribution in [2.24, 2.45) is 0 Å². The lowest BCUT2D eigenvalue weighted by molar-refractivity contribution is 0.112. The fraction of sp³-hybridized carbons (Fsp3) is 0.571. The van der Waals surface area contributed by atoms with Gasteiger partial charge in [0.15, 0.2) is 0 Å². The van der Waals surface area contributed by atoms with Crippen LogP contribution in [0.15, 0.2) is 22.7 Å². The zero-order chi connectivity index (χ0) is 13.0. The number of hydrogen-bond donors (Lipinski definition) is 2. The van der Waals surface area contributed by atoms with Crippen molar-refractivity contribution in [3.63, 3.8) is 0 Å². The highest BCUT2D eigenvalue weighted by Crippen LogP contribution is 2.25. The number of benzene rings is 1. The number of anilines is 1. The molecule has 2 rings (SSSR count). The second-order valence-electron chi connectivity index (χ2n) is 4.99. The zero-order valence-electron chi connectivity index (χ0n) is 10.6. The Kier molecular flexibility index (Phi) is 5.03. The van der Waals surface area contributed by atoms with Crippen LogP contribution in [0.3, 0.4) is 0 Å². The highest BCUT2D eigenvalue weighted by atomic mass is 79.9. The van der Waals surface area contributed by atoms with Gasteiger partial charge < -0.3 is 10.8 Å². The van der Waals surface area contributed by atoms with Gasteiger partial charge in [0.2, 0.25) is 0 Å². The second-order valence-corrected chi connectivity index (χ2v) is 5.84. The van der Waals surface area contributed by atoms with Gasteiger partial charge in [-0.25, -0.2) is 0 Å². The molecular formula is C14H21BrN2O. The molecule has 0 radical (unpaired) electrons. The molecule has 1 aromatic rings. The molecule has 18 heavy (non-hydrogen) atoms. The Morgan fingerprint density at radius 3 is 2.94 bits per heavy atom. The average Bonchev–Trinajstić information content (AvgIpc) is 2.37. The van der Waals surface area contributed by atoms with Crippen molar-refractivity contribution in [2.45, 2.75) is 38.3 Å². The molecule has 1 saturated heterocycles. The van der Waals surface area contributed by atoms with Crippen LogP contribution >= 0.6 is 15.9 Å². The SMILES string of the molecule is Nc1cc(CN2CCCCC2CCO)ccc1Br. The monoisotopic (exact) mass is 312 g/mol. The van der Waals surface area contributed by atoms with Crippen LogP contribution in [-0.2, 0) is 6.54 Å². The number of nitrogens with two attached hydrogens (primary N) is 1. The van der Waals surface area contributed by atoms with Gasteiger partial charge in [-0.05, 0) is 59.4 Å². The van der Waals surface area contributed by atoms with Crippen molar-refractivity contribution in [2.75, 3.05) is 18.9 Å². The van der Waals surface area contributed by atoms with Crippen LogP contribution in [-0.4, -0.2) is 29.2 Å². The number of hydrogen-bond acceptors (Lipinski definition) is 3. The summed E-state index contributed by atoms with van der Waals surface area (Å²) in [5, 5.41) is 9.13. The van der Waals surface area contributed by atoms with E-state index in [1.165, 1.54) is 24.8 Å². The van der Waals surface area contributed by atoms with Gasteiger partial charge in [-0.15, -0.1) is 0 Å². The number of piperidine rings is 1. The molecular weight excluding hydrogens is 292 g/mol. The predicted molar refractivity (Wildman–Crippen MR) is 78.3 cm³/mol. The van der Waals surface area contributed by atoms with Crippen molar-refractivity contribution < 1.29 is 5.11 Å². The molecule has 0 spiro atoms. The van der Waals surface area contributed by atoms with E-state index >= 15 is 0 Å². The molecule has 3 nitrogen and oxygen atoms in total. The number of nitrogen functional groups attached to an aromatic ring is 1. The van der Waals surface area contributed by atoms with E-state index < -0.39 is 0 Å². The molecule has 0 bridgehead atoms. The van der Waals surface area contributed by atoms with Gasteiger partial charge in [-0.1, -0.05) is 12.5 Å². The van der Waals surface area contributed by atoms with Gasteiger partial charge in [0.1, 0.15) is 0 Å². The van der Waals surface area contributed by atoms with E-state index in [0.717, 1.165) is 29.7 Å². The average molecular weight is 313 g/mol. The fourth-order valence-electron chi connectivity index (χ4n) is 2.67. The number of nitrogens with zero attached hydrogens (tertiary/aromatic N) is 1. The maximum absolute atomic E-state index is 9.13. The van der Waals surface area contributed by atoms with Crippen molar-refractivity contribution in [1.29, 1.82) is 0 Å². The van der Waals surface area contributed by atoms with Crippen LogP contribution in [0.1, 0.15) is 31.2 Å². The Bertz CT molecular complexity index is 395. The summed E-state index contributed by atoms with van der Waals surface area (Å²) in [7, 11) is 0. The maximum Gasteiger partial charge on any atom is 0.0461 e. The van der Waals surface area contributed by atoms with Crippen LogP contribution < -0.4 is 5.73 Å². The molecule has 1 aliphatic heterocycles. The van der Waals surface area contributed by atoms with Crippen LogP contribution in [0.25, 0.3) is 0 Å². The minimum Gasteiger partial charge on any atom is -0.398 e. The summed E-state index contributed by atoms with van der Waals surface area (Å²) in [6, 6.07) is 6.68. The Balaban J connectivity index is 2.03. The fourth-order valence-corrected chi connectivity index (χ4v) is 2.92. The Hall–Kier alpha value is -0.580. The van der Waals surface area contributed by atoms with Crippen LogP contribution in [0, 0.1) is 0 Å². The molecule has 3 N–H and O–H groups in total. The summed E-state index contributed by atoms with van der Waals surface area (Å²) < 4.78 is 0.955. The van der Waals surface area contributed by atoms with E-state index in [1.807, 2.05) is 12.1 Å². The van der Waals surface area contributed by atoms with E-state index in [9.17, 15) is 0 Å². The summed E-state index contributed by atoms with van der Waals surface area (Å²) in [4.78, 5) is 2.47. The van der Waals surface area contributed by atoms with Gasteiger partial charge in [0.05, 0.1) is 0 Å². The first-order valence-corrected chi connectivity index (χ1v) is 7.39. The summed E-state index contributed by atoms with van der Waals surface area (Å²) in [6.45, 7) is 2.34. The molecule has 1 fully saturated rings. The van der Waals surface area contributed by atoms with Crippen LogP contribution in [0.5, 0.6) is 0 Å². The lowest BCUT2D eigenvalue weighted by Crippen LogP contribution is -2.39. The van der Waals surface area contributed by atoms with E-state index in [0.29, 0.717) is 6.04 Å². The molecule has 1 heterocycles. The van der Waals surface area contributed by atoms with Crippen molar-refractivity contribution in [1.82, 2.24) is 4.90 Å². The normalized spacial score (nSPS) is 21.1. The molecule has 1 unspecified atom stereocenters. The molecule has 0 amide bonds. The Labute approximate surface area is 117 Å². The lowest BCUT2D eigenvalue weighted by Gasteiger charge is -2.35. The van der Waals surface area contributed by atoms with Crippen molar-refractivity contribution in [3.8, 4) is 0 Å². The summed E-state index contributed by atoms with van der Waals surface area (Å²) in [5.41, 5.74) is 7.96. The predicted octanol–water partition coefficient (Wildman–Crippen LogP) is 2.77. The number of likely N-dealkylation sites (tertiary alicyclic amines) is 1. The number of aliphatic hydroxyl groups excluding tert-OH is 1. The van der Waals surface area contributed by atoms with E-state index in [-0.39, 0.29) is 6.61 Å². The number of rotatable bonds is 4. The molecule has 100 valence electrons. The molecule has 0 aliphatic carbocycles. The minimum absolute atomic E-state index is 0.281. The Morgan fingerprint density at radius 2 is 2.22 bits per heavy atom. The zero-order valence-corrected chi connectivity index (χ0v) is 12.2. The molecule has 4 heteroatoms. The topological polar surface area (TPSA) is 49.5 Å². The van der Waals surface area contributed by atoms with Crippen LogP contribution in [0.2, 0.25) is 0 Å². The Morgan fingerprint density at radius 1 is 1.39 bits per heavy atom. The van der Waals surface area contributed by atoms with E-state index in [2.05, 4.69) is 26.9 Å². The van der Waals surface area contributed by atoms with Crippen molar-refractivity contribution in [3.05, 3.63) is 28.2 Å². The molecule has 1 atom stereocenters. The quantitative estimate of drug-likeness (QED) is 0.841. The summed E-state index contributed by atoms with van der Waals surface area (Å²) >= 11 is 3.42. The minimum atomic E-state index is 0.281. The van der Waals surface area contributed by atoms with Gasteiger partial charge >= 0.3 is 0 Å². The smallest absolute Gasteiger partial charge is 0.0461 e. The van der Waals surface area contributed by atoms with Gasteiger partial charge in [-0.2, -0.15) is 0 Å². The van der Waals surface area contributed by atoms with E-state index in [1.54, 1.807) is 0 Å². The maximum atomic E-state index is 9.13. The van der Waals surface area contributed by atoms with Gasteiger partial charge in [0, 0.05) is 29.4 Å². The third-order valence-corrected chi connectivity index (χ3v) is 4.38. The second kappa shape index (κ2) is 6.55. The first kappa shape index (κ1) is 13.8. The molecule has 1 aromatic carbocycles. The highest BCUT2D eigenvalue weighted by molar-refractivity contribution is 9.10. The molecule has 0 saturated carbocycles. The molecule has 1 aliphatic rings. The third kappa shape index (κ3) is 3.46. The summed E-state index contributed by atoms with van der Waals surface area (Å²) in [5.74, 6) is 0. The highest BCUT2D eigenvalue weighted by Gasteiger charge is 2.21. The largest absolute Gasteiger partial charge is 0.398 e. The first-order valence-electron chi connectivity index (χ1n) is 6.59. The van der Waals surface area contributed by atoms with Gasteiger partial charge in [-0.3, -0.25) is 4.90 Å². The lowest BCUT2D eigenvalue weighted by atomic mass is 9.99. The number of halogens is 1. The summed E-state index contributed by atoms with van der Waals surface area (Å²) in [6.07, 6.45) is 4.62. The third-order valence-electron chi connectivity index (χ3n) is 3.66. The number of aliphatic hydroxyl groups is 1. The van der Waals surface area contributed by atoms with Gasteiger partial charge in [0.25, 0.3) is 0 Å². The van der Waals surface area contributed by atoms with Crippen molar-refractivity contribution >= 4 is 21.6 Å². The van der Waals surface area contributed by atoms with E-state index in [4.69, 9.17) is 10.8 Å². The molecule has 0 aromatic heterocycles. The first-order chi connectivity index (χ1) is 8.70. The standard InChI is InChI=1S/C14H21BrN2O/c15-13-5-4-11(9-14(13)16)10-17-7-2-1-3-12(17)6-8-18/h4-5,9,12,18H,1-3,6-8,10,16H2.